The van der Waals surface area contributed by atoms with Crippen molar-refractivity contribution in [2.24, 2.45) is 0 Å². The maximum atomic E-state index is 10.6. The summed E-state index contributed by atoms with van der Waals surface area (Å²) >= 11 is 0. The van der Waals surface area contributed by atoms with E-state index in [1.165, 1.54) is 16.8 Å². The molecule has 2 nitrogen and oxygen atoms in total. The van der Waals surface area contributed by atoms with Crippen LogP contribution in [0.1, 0.15) is 15.9 Å². The summed E-state index contributed by atoms with van der Waals surface area (Å²) in [5.41, 5.74) is 5.49. The predicted octanol–water partition coefficient (Wildman–Crippen LogP) is 3.54. The van der Waals surface area contributed by atoms with Gasteiger partial charge in [-0.15, -0.1) is 0 Å². The summed E-state index contributed by atoms with van der Waals surface area (Å²) < 4.78 is 0. The number of benzene rings is 2. The Morgan fingerprint density at radius 3 is 2.17 bits per heavy atom. The van der Waals surface area contributed by atoms with Crippen LogP contribution in [0.3, 0.4) is 0 Å². The van der Waals surface area contributed by atoms with E-state index < -0.39 is 0 Å². The average Bonchev–Trinajstić information content (AvgIpc) is 2.38. The van der Waals surface area contributed by atoms with Crippen LogP contribution in [-0.4, -0.2) is 20.4 Å². The Morgan fingerprint density at radius 1 is 1.00 bits per heavy atom. The lowest BCUT2D eigenvalue weighted by molar-refractivity contribution is 0.112. The van der Waals surface area contributed by atoms with Gasteiger partial charge in [0.05, 0.1) is 0 Å². The molecule has 0 fully saturated rings. The maximum Gasteiger partial charge on any atom is 0.150 e. The van der Waals surface area contributed by atoms with E-state index in [9.17, 15) is 4.79 Å². The largest absolute Gasteiger partial charge is 0.378 e. The van der Waals surface area contributed by atoms with Crippen molar-refractivity contribution in [2.75, 3.05) is 19.0 Å². The third-order valence-electron chi connectivity index (χ3n) is 3.08. The highest BCUT2D eigenvalue weighted by atomic mass is 16.1. The molecule has 0 aliphatic carbocycles. The third-order valence-corrected chi connectivity index (χ3v) is 3.08. The fourth-order valence-corrected chi connectivity index (χ4v) is 1.99. The molecule has 0 saturated carbocycles. The molecule has 2 rings (SSSR count). The van der Waals surface area contributed by atoms with Crippen LogP contribution < -0.4 is 4.90 Å². The number of hydrogen-bond donors (Lipinski definition) is 0. The first-order valence-electron chi connectivity index (χ1n) is 5.95. The van der Waals surface area contributed by atoms with Crippen molar-refractivity contribution < 1.29 is 4.79 Å². The molecule has 0 unspecified atom stereocenters. The molecule has 0 aliphatic heterocycles. The molecule has 2 aromatic rings. The number of rotatable bonds is 3. The number of nitrogens with zero attached hydrogens (tertiary/aromatic N) is 1. The van der Waals surface area contributed by atoms with E-state index in [4.69, 9.17) is 0 Å². The van der Waals surface area contributed by atoms with Crippen LogP contribution in [-0.2, 0) is 0 Å². The van der Waals surface area contributed by atoms with E-state index in [1.54, 1.807) is 0 Å². The minimum absolute atomic E-state index is 0.710. The van der Waals surface area contributed by atoms with E-state index >= 15 is 0 Å². The quantitative estimate of drug-likeness (QED) is 0.763. The minimum atomic E-state index is 0.710. The third kappa shape index (κ3) is 2.43. The van der Waals surface area contributed by atoms with Gasteiger partial charge in [0.25, 0.3) is 0 Å². The first kappa shape index (κ1) is 12.4. The average molecular weight is 239 g/mol. The highest BCUT2D eigenvalue weighted by Gasteiger charge is 2.04. The van der Waals surface area contributed by atoms with Gasteiger partial charge in [-0.25, -0.2) is 0 Å². The van der Waals surface area contributed by atoms with Gasteiger partial charge in [-0.2, -0.15) is 0 Å². The molecule has 18 heavy (non-hydrogen) atoms. The smallest absolute Gasteiger partial charge is 0.150 e. The molecule has 92 valence electrons. The van der Waals surface area contributed by atoms with Crippen LogP contribution in [0, 0.1) is 6.92 Å². The Kier molecular flexibility index (Phi) is 3.47. The molecular formula is C16H17NO. The van der Waals surface area contributed by atoms with Crippen molar-refractivity contribution in [3.05, 3.63) is 53.6 Å². The van der Waals surface area contributed by atoms with Gasteiger partial charge in [0.2, 0.25) is 0 Å². The SMILES string of the molecule is Cc1cc(N(C)C)ccc1-c1ccc(C=O)cc1. The van der Waals surface area contributed by atoms with E-state index in [-0.39, 0.29) is 0 Å². The van der Waals surface area contributed by atoms with Gasteiger partial charge in [-0.1, -0.05) is 30.3 Å². The lowest BCUT2D eigenvalue weighted by Crippen LogP contribution is -2.08. The number of aldehydes is 1. The van der Waals surface area contributed by atoms with Crippen molar-refractivity contribution >= 4 is 12.0 Å². The normalized spacial score (nSPS) is 10.2. The minimum Gasteiger partial charge on any atom is -0.378 e. The first-order valence-corrected chi connectivity index (χ1v) is 5.95. The lowest BCUT2D eigenvalue weighted by Gasteiger charge is -2.15. The van der Waals surface area contributed by atoms with E-state index in [1.807, 2.05) is 38.4 Å². The molecular weight excluding hydrogens is 222 g/mol. The second kappa shape index (κ2) is 5.05. The zero-order valence-corrected chi connectivity index (χ0v) is 11.0. The Balaban J connectivity index is 2.41. The van der Waals surface area contributed by atoms with Crippen molar-refractivity contribution in [1.82, 2.24) is 0 Å². The Bertz CT molecular complexity index is 556. The summed E-state index contributed by atoms with van der Waals surface area (Å²) in [5, 5.41) is 0. The van der Waals surface area contributed by atoms with Gasteiger partial charge >= 0.3 is 0 Å². The standard InChI is InChI=1S/C16H17NO/c1-12-10-15(17(2)3)8-9-16(12)14-6-4-13(11-18)5-7-14/h4-11H,1-3H3. The molecule has 2 heteroatoms. The Morgan fingerprint density at radius 2 is 1.67 bits per heavy atom. The predicted molar refractivity (Wildman–Crippen MR) is 76.3 cm³/mol. The second-order valence-corrected chi connectivity index (χ2v) is 4.63. The molecule has 2 aromatic carbocycles. The summed E-state index contributed by atoms with van der Waals surface area (Å²) in [4.78, 5) is 12.7. The lowest BCUT2D eigenvalue weighted by atomic mass is 9.99. The number of hydrogen-bond acceptors (Lipinski definition) is 2. The molecule has 0 aromatic heterocycles. The van der Waals surface area contributed by atoms with Gasteiger partial charge in [0.15, 0.2) is 0 Å². The van der Waals surface area contributed by atoms with Gasteiger partial charge in [-0.3, -0.25) is 4.79 Å². The van der Waals surface area contributed by atoms with Crippen LogP contribution in [0.4, 0.5) is 5.69 Å². The van der Waals surface area contributed by atoms with Crippen molar-refractivity contribution in [3.63, 3.8) is 0 Å². The van der Waals surface area contributed by atoms with Gasteiger partial charge < -0.3 is 4.90 Å². The number of aryl methyl sites for hydroxylation is 1. The summed E-state index contributed by atoms with van der Waals surface area (Å²) in [6, 6.07) is 14.1. The number of carbonyl (C=O) groups excluding carboxylic acids is 1. The Hall–Kier alpha value is -2.09. The highest BCUT2D eigenvalue weighted by molar-refractivity contribution is 5.78. The number of carbonyl (C=O) groups is 1. The molecule has 0 N–H and O–H groups in total. The van der Waals surface area contributed by atoms with E-state index in [0.717, 1.165) is 11.8 Å². The fourth-order valence-electron chi connectivity index (χ4n) is 1.99. The molecule has 0 aliphatic rings. The van der Waals surface area contributed by atoms with Crippen molar-refractivity contribution in [1.29, 1.82) is 0 Å². The van der Waals surface area contributed by atoms with Gasteiger partial charge in [-0.05, 0) is 35.7 Å². The monoisotopic (exact) mass is 239 g/mol. The highest BCUT2D eigenvalue weighted by Crippen LogP contribution is 2.26. The molecule has 0 amide bonds. The molecule has 0 heterocycles. The second-order valence-electron chi connectivity index (χ2n) is 4.63. The van der Waals surface area contributed by atoms with Crippen LogP contribution in [0.15, 0.2) is 42.5 Å². The summed E-state index contributed by atoms with van der Waals surface area (Å²) in [6.07, 6.45) is 0.867. The van der Waals surface area contributed by atoms with Crippen LogP contribution in [0.25, 0.3) is 11.1 Å². The molecule has 0 bridgehead atoms. The zero-order valence-electron chi connectivity index (χ0n) is 11.0. The molecule has 0 radical (unpaired) electrons. The van der Waals surface area contributed by atoms with E-state index in [0.29, 0.717) is 5.56 Å². The fraction of sp³-hybridized carbons (Fsp3) is 0.188. The molecule has 0 saturated heterocycles. The zero-order chi connectivity index (χ0) is 13.1. The summed E-state index contributed by atoms with van der Waals surface area (Å²) in [5.74, 6) is 0. The van der Waals surface area contributed by atoms with Crippen LogP contribution in [0.2, 0.25) is 0 Å². The van der Waals surface area contributed by atoms with E-state index in [2.05, 4.69) is 30.0 Å². The van der Waals surface area contributed by atoms with Gasteiger partial charge in [0, 0.05) is 25.3 Å². The maximum absolute atomic E-state index is 10.6. The Labute approximate surface area is 108 Å². The number of anilines is 1. The molecule has 0 atom stereocenters. The van der Waals surface area contributed by atoms with Crippen molar-refractivity contribution in [3.8, 4) is 11.1 Å². The topological polar surface area (TPSA) is 20.3 Å². The summed E-state index contributed by atoms with van der Waals surface area (Å²) in [6.45, 7) is 2.11. The van der Waals surface area contributed by atoms with Crippen LogP contribution >= 0.6 is 0 Å². The van der Waals surface area contributed by atoms with Gasteiger partial charge in [0.1, 0.15) is 6.29 Å². The molecule has 0 spiro atoms. The summed E-state index contributed by atoms with van der Waals surface area (Å²) in [7, 11) is 4.07. The first-order chi connectivity index (χ1) is 8.61. The van der Waals surface area contributed by atoms with Crippen LogP contribution in [0.5, 0.6) is 0 Å². The van der Waals surface area contributed by atoms with Crippen molar-refractivity contribution in [2.45, 2.75) is 6.92 Å².